The zero-order valence-corrected chi connectivity index (χ0v) is 11.3. The van der Waals surface area contributed by atoms with Gasteiger partial charge in [-0.2, -0.15) is 17.0 Å². The summed E-state index contributed by atoms with van der Waals surface area (Å²) < 4.78 is 5.59. The third kappa shape index (κ3) is 5.65. The molecule has 17 heavy (non-hydrogen) atoms. The molecule has 3 heteroatoms. The molecular formula is C14H19NOS. The highest BCUT2D eigenvalue weighted by Crippen LogP contribution is 2.14. The number of nitriles is 1. The lowest BCUT2D eigenvalue weighted by Crippen LogP contribution is -2.03. The van der Waals surface area contributed by atoms with Gasteiger partial charge in [0, 0.05) is 5.75 Å². The van der Waals surface area contributed by atoms with Crippen LogP contribution in [0.3, 0.4) is 0 Å². The Morgan fingerprint density at radius 3 is 3.00 bits per heavy atom. The Morgan fingerprint density at radius 1 is 1.47 bits per heavy atom. The number of thioether (sulfide) groups is 1. The minimum absolute atomic E-state index is 0.648. The predicted molar refractivity (Wildman–Crippen MR) is 73.4 cm³/mol. The molecule has 0 aromatic heterocycles. The van der Waals surface area contributed by atoms with Crippen molar-refractivity contribution in [2.45, 2.75) is 20.3 Å². The van der Waals surface area contributed by atoms with Crippen LogP contribution >= 0.6 is 11.8 Å². The van der Waals surface area contributed by atoms with Crippen molar-refractivity contribution < 1.29 is 4.74 Å². The molecule has 0 heterocycles. The third-order valence-corrected chi connectivity index (χ3v) is 3.82. The van der Waals surface area contributed by atoms with Gasteiger partial charge in [-0.3, -0.25) is 0 Å². The fraction of sp³-hybridized carbons (Fsp3) is 0.500. The molecule has 1 aromatic rings. The molecule has 0 aliphatic rings. The molecule has 0 fully saturated rings. The Balaban J connectivity index is 2.20. The van der Waals surface area contributed by atoms with E-state index in [9.17, 15) is 0 Å². The van der Waals surface area contributed by atoms with Gasteiger partial charge in [0.2, 0.25) is 0 Å². The maximum Gasteiger partial charge on any atom is 0.120 e. The molecule has 1 unspecified atom stereocenters. The fourth-order valence-corrected chi connectivity index (χ4v) is 2.28. The van der Waals surface area contributed by atoms with Crippen LogP contribution in [0, 0.1) is 17.2 Å². The Labute approximate surface area is 108 Å². The van der Waals surface area contributed by atoms with Crippen LogP contribution < -0.4 is 4.74 Å². The van der Waals surface area contributed by atoms with Crippen LogP contribution in [0.1, 0.15) is 25.8 Å². The molecule has 0 bridgehead atoms. The second-order valence-corrected chi connectivity index (χ2v) is 5.23. The first-order chi connectivity index (χ1) is 8.26. The van der Waals surface area contributed by atoms with E-state index in [1.165, 1.54) is 12.2 Å². The van der Waals surface area contributed by atoms with Crippen molar-refractivity contribution in [3.05, 3.63) is 29.8 Å². The molecule has 0 amide bonds. The highest BCUT2D eigenvalue weighted by atomic mass is 32.2. The molecule has 2 nitrogen and oxygen atoms in total. The van der Waals surface area contributed by atoms with Crippen molar-refractivity contribution in [2.24, 2.45) is 5.92 Å². The van der Waals surface area contributed by atoms with Crippen LogP contribution in [0.4, 0.5) is 0 Å². The quantitative estimate of drug-likeness (QED) is 0.690. The van der Waals surface area contributed by atoms with E-state index in [0.717, 1.165) is 17.4 Å². The molecule has 0 N–H and O–H groups in total. The molecule has 0 saturated carbocycles. The average molecular weight is 249 g/mol. The summed E-state index contributed by atoms with van der Waals surface area (Å²) in [5, 5.41) is 8.75. The standard InChI is InChI=1S/C14H19NOS/c1-3-12(2)11-17-8-7-16-14-6-4-5-13(9-14)10-15/h4-6,9,12H,3,7-8,11H2,1-2H3. The van der Waals surface area contributed by atoms with E-state index in [0.29, 0.717) is 12.2 Å². The van der Waals surface area contributed by atoms with Crippen molar-refractivity contribution in [1.29, 1.82) is 5.26 Å². The summed E-state index contributed by atoms with van der Waals surface area (Å²) in [4.78, 5) is 0. The van der Waals surface area contributed by atoms with E-state index in [4.69, 9.17) is 10.00 Å². The first-order valence-electron chi connectivity index (χ1n) is 5.97. The van der Waals surface area contributed by atoms with Gasteiger partial charge < -0.3 is 4.74 Å². The summed E-state index contributed by atoms with van der Waals surface area (Å²) in [6.07, 6.45) is 1.23. The van der Waals surface area contributed by atoms with E-state index in [-0.39, 0.29) is 0 Å². The molecule has 1 atom stereocenters. The number of rotatable bonds is 7. The summed E-state index contributed by atoms with van der Waals surface area (Å²) >= 11 is 1.93. The first kappa shape index (κ1) is 13.9. The molecule has 0 radical (unpaired) electrons. The van der Waals surface area contributed by atoms with Crippen LogP contribution in [-0.4, -0.2) is 18.1 Å². The second kappa shape index (κ2) is 8.03. The maximum absolute atomic E-state index is 8.75. The average Bonchev–Trinajstić information content (AvgIpc) is 2.38. The lowest BCUT2D eigenvalue weighted by molar-refractivity contribution is 0.344. The van der Waals surface area contributed by atoms with E-state index in [1.807, 2.05) is 23.9 Å². The van der Waals surface area contributed by atoms with Crippen LogP contribution in [0.2, 0.25) is 0 Å². The Morgan fingerprint density at radius 2 is 2.29 bits per heavy atom. The van der Waals surface area contributed by atoms with Gasteiger partial charge in [0.05, 0.1) is 18.2 Å². The van der Waals surface area contributed by atoms with Gasteiger partial charge in [0.15, 0.2) is 0 Å². The van der Waals surface area contributed by atoms with Crippen molar-refractivity contribution in [1.82, 2.24) is 0 Å². The van der Waals surface area contributed by atoms with Gasteiger partial charge in [-0.05, 0) is 29.9 Å². The Bertz CT molecular complexity index is 373. The van der Waals surface area contributed by atoms with Crippen LogP contribution in [-0.2, 0) is 0 Å². The number of ether oxygens (including phenoxy) is 1. The van der Waals surface area contributed by atoms with E-state index < -0.39 is 0 Å². The summed E-state index contributed by atoms with van der Waals surface area (Å²) in [6, 6.07) is 9.40. The number of benzene rings is 1. The second-order valence-electron chi connectivity index (χ2n) is 4.08. The van der Waals surface area contributed by atoms with Crippen molar-refractivity contribution >= 4 is 11.8 Å². The topological polar surface area (TPSA) is 33.0 Å². The molecule has 0 spiro atoms. The molecule has 1 aromatic carbocycles. The normalized spacial score (nSPS) is 11.8. The number of nitrogens with zero attached hydrogens (tertiary/aromatic N) is 1. The van der Waals surface area contributed by atoms with Crippen LogP contribution in [0.5, 0.6) is 5.75 Å². The minimum Gasteiger partial charge on any atom is -0.493 e. The molecule has 92 valence electrons. The van der Waals surface area contributed by atoms with E-state index >= 15 is 0 Å². The van der Waals surface area contributed by atoms with E-state index in [1.54, 1.807) is 12.1 Å². The summed E-state index contributed by atoms with van der Waals surface area (Å²) in [5.74, 6) is 3.76. The third-order valence-electron chi connectivity index (χ3n) is 2.56. The zero-order chi connectivity index (χ0) is 12.5. The van der Waals surface area contributed by atoms with Crippen molar-refractivity contribution in [3.63, 3.8) is 0 Å². The maximum atomic E-state index is 8.75. The van der Waals surface area contributed by atoms with Gasteiger partial charge in [0.25, 0.3) is 0 Å². The lowest BCUT2D eigenvalue weighted by atomic mass is 10.2. The summed E-state index contributed by atoms with van der Waals surface area (Å²) in [7, 11) is 0. The smallest absolute Gasteiger partial charge is 0.120 e. The SMILES string of the molecule is CCC(C)CSCCOc1cccc(C#N)c1. The molecule has 0 aliphatic carbocycles. The zero-order valence-electron chi connectivity index (χ0n) is 10.5. The fourth-order valence-electron chi connectivity index (χ4n) is 1.28. The van der Waals surface area contributed by atoms with Gasteiger partial charge in [-0.25, -0.2) is 0 Å². The summed E-state index contributed by atoms with van der Waals surface area (Å²) in [5.41, 5.74) is 0.648. The van der Waals surface area contributed by atoms with Gasteiger partial charge >= 0.3 is 0 Å². The molecule has 0 aliphatic heterocycles. The predicted octanol–water partition coefficient (Wildman–Crippen LogP) is 3.72. The first-order valence-corrected chi connectivity index (χ1v) is 7.12. The summed E-state index contributed by atoms with van der Waals surface area (Å²) in [6.45, 7) is 5.19. The number of hydrogen-bond acceptors (Lipinski definition) is 3. The highest BCUT2D eigenvalue weighted by Gasteiger charge is 1.99. The van der Waals surface area contributed by atoms with Gasteiger partial charge in [-0.15, -0.1) is 0 Å². The largest absolute Gasteiger partial charge is 0.493 e. The minimum atomic E-state index is 0.648. The molecule has 1 rings (SSSR count). The number of hydrogen-bond donors (Lipinski definition) is 0. The van der Waals surface area contributed by atoms with Gasteiger partial charge in [-0.1, -0.05) is 26.3 Å². The van der Waals surface area contributed by atoms with Crippen LogP contribution in [0.25, 0.3) is 0 Å². The van der Waals surface area contributed by atoms with E-state index in [2.05, 4.69) is 19.9 Å². The molecule has 0 saturated heterocycles. The lowest BCUT2D eigenvalue weighted by Gasteiger charge is -2.09. The van der Waals surface area contributed by atoms with Crippen molar-refractivity contribution in [3.8, 4) is 11.8 Å². The Kier molecular flexibility index (Phi) is 6.57. The highest BCUT2D eigenvalue weighted by molar-refractivity contribution is 7.99. The van der Waals surface area contributed by atoms with Crippen LogP contribution in [0.15, 0.2) is 24.3 Å². The Hall–Kier alpha value is -1.14. The monoisotopic (exact) mass is 249 g/mol. The van der Waals surface area contributed by atoms with Gasteiger partial charge in [0.1, 0.15) is 5.75 Å². The van der Waals surface area contributed by atoms with Crippen molar-refractivity contribution in [2.75, 3.05) is 18.1 Å². The molecular weight excluding hydrogens is 230 g/mol.